The summed E-state index contributed by atoms with van der Waals surface area (Å²) < 4.78 is 94.0. The van der Waals surface area contributed by atoms with E-state index in [2.05, 4.69) is 25.6 Å². The number of hydrogen-bond donors (Lipinski definition) is 2. The molecule has 0 aliphatic carbocycles. The molecule has 2 aromatic heterocycles. The van der Waals surface area contributed by atoms with Crippen molar-refractivity contribution in [3.63, 3.8) is 0 Å². The average molecular weight is 600 g/mol. The number of nitrogens with zero attached hydrogens (tertiary/aromatic N) is 3. The molecule has 0 unspecified atom stereocenters. The molecular formula is C31H24F7N5. The highest BCUT2D eigenvalue weighted by molar-refractivity contribution is 5.93. The van der Waals surface area contributed by atoms with Gasteiger partial charge in [0.2, 0.25) is 0 Å². The first-order chi connectivity index (χ1) is 20.5. The van der Waals surface area contributed by atoms with Crippen molar-refractivity contribution in [1.82, 2.24) is 20.3 Å². The maximum Gasteiger partial charge on any atom is 0.418 e. The normalized spacial score (nSPS) is 12.1. The molecule has 0 spiro atoms. The quantitative estimate of drug-likeness (QED) is 0.133. The Morgan fingerprint density at radius 2 is 1.47 bits per heavy atom. The third kappa shape index (κ3) is 7.26. The third-order valence-corrected chi connectivity index (χ3v) is 6.66. The molecule has 0 radical (unpaired) electrons. The fourth-order valence-electron chi connectivity index (χ4n) is 4.52. The number of fused-ring (bicyclic) bond motifs is 1. The van der Waals surface area contributed by atoms with E-state index in [1.807, 2.05) is 0 Å². The van der Waals surface area contributed by atoms with Crippen LogP contribution >= 0.6 is 0 Å². The largest absolute Gasteiger partial charge is 0.418 e. The first-order valence-corrected chi connectivity index (χ1v) is 13.2. The summed E-state index contributed by atoms with van der Waals surface area (Å²) in [7, 11) is 0. The molecule has 2 N–H and O–H groups in total. The van der Waals surface area contributed by atoms with Gasteiger partial charge in [-0.3, -0.25) is 4.98 Å². The van der Waals surface area contributed by atoms with Crippen LogP contribution in [0.3, 0.4) is 0 Å². The Bertz CT molecular complexity index is 1720. The molecule has 222 valence electrons. The minimum Gasteiger partial charge on any atom is -0.340 e. The summed E-state index contributed by atoms with van der Waals surface area (Å²) >= 11 is 0. The van der Waals surface area contributed by atoms with Crippen LogP contribution in [-0.4, -0.2) is 28.0 Å². The zero-order valence-electron chi connectivity index (χ0n) is 22.4. The maximum atomic E-state index is 13.9. The number of rotatable bonds is 9. The van der Waals surface area contributed by atoms with E-state index in [1.165, 1.54) is 42.6 Å². The van der Waals surface area contributed by atoms with Gasteiger partial charge >= 0.3 is 12.4 Å². The zero-order valence-corrected chi connectivity index (χ0v) is 22.4. The van der Waals surface area contributed by atoms with Crippen LogP contribution in [0.4, 0.5) is 42.2 Å². The van der Waals surface area contributed by atoms with E-state index in [1.54, 1.807) is 24.3 Å². The highest BCUT2D eigenvalue weighted by atomic mass is 19.4. The molecule has 5 rings (SSSR count). The van der Waals surface area contributed by atoms with Gasteiger partial charge in [0, 0.05) is 35.8 Å². The Hall–Kier alpha value is -4.58. The highest BCUT2D eigenvalue weighted by Crippen LogP contribution is 2.37. The van der Waals surface area contributed by atoms with E-state index in [0.717, 1.165) is 18.2 Å². The Labute approximate surface area is 241 Å². The third-order valence-electron chi connectivity index (χ3n) is 6.66. The number of anilines is 2. The van der Waals surface area contributed by atoms with Crippen molar-refractivity contribution in [2.24, 2.45) is 0 Å². The lowest BCUT2D eigenvalue weighted by Crippen LogP contribution is -2.21. The molecular weight excluding hydrogens is 575 g/mol. The van der Waals surface area contributed by atoms with Gasteiger partial charge < -0.3 is 10.6 Å². The van der Waals surface area contributed by atoms with Crippen LogP contribution in [0.1, 0.15) is 22.5 Å². The monoisotopic (exact) mass is 599 g/mol. The molecule has 2 heterocycles. The summed E-state index contributed by atoms with van der Waals surface area (Å²) in [6, 6.07) is 17.5. The SMILES string of the molecule is Fc1ccccc1CCNCCc1nc(Nc2ccc(C(F)(F)F)cc2)c2ccc(-c3ncccc3C(F)(F)F)cc2n1. The fraction of sp³-hybridized carbons (Fsp3) is 0.194. The van der Waals surface area contributed by atoms with Gasteiger partial charge in [0.1, 0.15) is 17.5 Å². The Morgan fingerprint density at radius 3 is 2.19 bits per heavy atom. The topological polar surface area (TPSA) is 62.7 Å². The van der Waals surface area contributed by atoms with Crippen molar-refractivity contribution in [2.75, 3.05) is 18.4 Å². The summed E-state index contributed by atoms with van der Waals surface area (Å²) in [4.78, 5) is 13.1. The molecule has 0 aliphatic rings. The van der Waals surface area contributed by atoms with Crippen molar-refractivity contribution in [3.8, 4) is 11.3 Å². The number of alkyl halides is 6. The first kappa shape index (κ1) is 29.9. The van der Waals surface area contributed by atoms with Crippen molar-refractivity contribution >= 4 is 22.4 Å². The minimum atomic E-state index is -4.63. The smallest absolute Gasteiger partial charge is 0.340 e. The second kappa shape index (κ2) is 12.3. The van der Waals surface area contributed by atoms with Crippen LogP contribution in [-0.2, 0) is 25.2 Å². The molecule has 3 aromatic carbocycles. The number of aromatic nitrogens is 3. The van der Waals surface area contributed by atoms with Crippen molar-refractivity contribution in [2.45, 2.75) is 25.2 Å². The Balaban J connectivity index is 1.44. The van der Waals surface area contributed by atoms with Crippen molar-refractivity contribution in [1.29, 1.82) is 0 Å². The summed E-state index contributed by atoms with van der Waals surface area (Å²) in [5.41, 5.74) is -0.561. The average Bonchev–Trinajstić information content (AvgIpc) is 2.97. The molecule has 0 amide bonds. The molecule has 5 aromatic rings. The van der Waals surface area contributed by atoms with Crippen LogP contribution < -0.4 is 10.6 Å². The van der Waals surface area contributed by atoms with Gasteiger partial charge in [-0.15, -0.1) is 0 Å². The predicted molar refractivity (Wildman–Crippen MR) is 149 cm³/mol. The van der Waals surface area contributed by atoms with Crippen LogP contribution in [0.25, 0.3) is 22.2 Å². The molecule has 0 atom stereocenters. The van der Waals surface area contributed by atoms with Gasteiger partial charge in [0.25, 0.3) is 0 Å². The molecule has 5 nitrogen and oxygen atoms in total. The lowest BCUT2D eigenvalue weighted by atomic mass is 10.0. The van der Waals surface area contributed by atoms with Crippen LogP contribution in [0.2, 0.25) is 0 Å². The number of nitrogens with one attached hydrogen (secondary N) is 2. The molecule has 0 saturated carbocycles. The van der Waals surface area contributed by atoms with Gasteiger partial charge in [-0.05, 0) is 73.1 Å². The second-order valence-corrected chi connectivity index (χ2v) is 9.66. The zero-order chi connectivity index (χ0) is 30.6. The highest BCUT2D eigenvalue weighted by Gasteiger charge is 2.34. The van der Waals surface area contributed by atoms with E-state index < -0.39 is 23.5 Å². The van der Waals surface area contributed by atoms with Gasteiger partial charge in [0.05, 0.1) is 22.3 Å². The van der Waals surface area contributed by atoms with Gasteiger partial charge in [-0.2, -0.15) is 26.3 Å². The summed E-state index contributed by atoms with van der Waals surface area (Å²) in [6.45, 7) is 0.896. The number of pyridine rings is 1. The van der Waals surface area contributed by atoms with E-state index >= 15 is 0 Å². The van der Waals surface area contributed by atoms with Gasteiger partial charge in [-0.25, -0.2) is 14.4 Å². The molecule has 12 heteroatoms. The van der Waals surface area contributed by atoms with E-state index in [-0.39, 0.29) is 22.9 Å². The summed E-state index contributed by atoms with van der Waals surface area (Å²) in [5.74, 6) is 0.322. The minimum absolute atomic E-state index is 0.188. The van der Waals surface area contributed by atoms with Crippen molar-refractivity contribution in [3.05, 3.63) is 113 Å². The second-order valence-electron chi connectivity index (χ2n) is 9.66. The molecule has 0 bridgehead atoms. The predicted octanol–water partition coefficient (Wildman–Crippen LogP) is 7.99. The Morgan fingerprint density at radius 1 is 0.721 bits per heavy atom. The maximum absolute atomic E-state index is 13.9. The lowest BCUT2D eigenvalue weighted by Gasteiger charge is -2.15. The van der Waals surface area contributed by atoms with Crippen LogP contribution in [0, 0.1) is 5.82 Å². The number of hydrogen-bond acceptors (Lipinski definition) is 5. The fourth-order valence-corrected chi connectivity index (χ4v) is 4.52. The molecule has 43 heavy (non-hydrogen) atoms. The van der Waals surface area contributed by atoms with Crippen LogP contribution in [0.15, 0.2) is 85.1 Å². The Kier molecular flexibility index (Phi) is 8.58. The van der Waals surface area contributed by atoms with Crippen molar-refractivity contribution < 1.29 is 30.7 Å². The van der Waals surface area contributed by atoms with Gasteiger partial charge in [-0.1, -0.05) is 24.3 Å². The molecule has 0 fully saturated rings. The van der Waals surface area contributed by atoms with Gasteiger partial charge in [0.15, 0.2) is 0 Å². The molecule has 0 saturated heterocycles. The summed E-state index contributed by atoms with van der Waals surface area (Å²) in [6.07, 6.45) is -7.08. The first-order valence-electron chi connectivity index (χ1n) is 13.2. The van der Waals surface area contributed by atoms with E-state index in [0.29, 0.717) is 53.9 Å². The lowest BCUT2D eigenvalue weighted by molar-refractivity contribution is -0.138. The molecule has 0 aliphatic heterocycles. The van der Waals surface area contributed by atoms with Crippen LogP contribution in [0.5, 0.6) is 0 Å². The van der Waals surface area contributed by atoms with E-state index in [9.17, 15) is 30.7 Å². The van der Waals surface area contributed by atoms with E-state index in [4.69, 9.17) is 0 Å². The summed E-state index contributed by atoms with van der Waals surface area (Å²) in [5, 5.41) is 6.66. The number of halogens is 7. The standard InChI is InChI=1S/C31H24F7N5/c32-25-6-2-1-4-19(25)13-16-39-17-14-27-42-26-18-20(28-24(31(36,37)38)5-3-15-40-28)7-12-23(26)29(43-27)41-22-10-8-21(9-11-22)30(33,34)35/h1-12,15,18,39H,13-14,16-17H2,(H,41,42,43). The number of benzene rings is 3.